The van der Waals surface area contributed by atoms with Crippen LogP contribution >= 0.6 is 0 Å². The maximum atomic E-state index is 12.0. The summed E-state index contributed by atoms with van der Waals surface area (Å²) >= 11 is 0. The van der Waals surface area contributed by atoms with E-state index in [2.05, 4.69) is 0 Å². The number of ketones is 1. The summed E-state index contributed by atoms with van der Waals surface area (Å²) in [4.78, 5) is 23.6. The summed E-state index contributed by atoms with van der Waals surface area (Å²) in [7, 11) is 0. The van der Waals surface area contributed by atoms with Crippen molar-refractivity contribution in [1.29, 1.82) is 0 Å². The number of hydrogen-bond donors (Lipinski definition) is 1. The lowest BCUT2D eigenvalue weighted by atomic mass is 10.1. The molecule has 0 heterocycles. The lowest BCUT2D eigenvalue weighted by Gasteiger charge is -2.15. The van der Waals surface area contributed by atoms with Gasteiger partial charge in [0.05, 0.1) is 5.56 Å². The molecule has 1 atom stereocenters. The molecule has 0 radical (unpaired) electrons. The van der Waals surface area contributed by atoms with Gasteiger partial charge in [-0.1, -0.05) is 30.3 Å². The molecule has 2 aromatic rings. The maximum Gasteiger partial charge on any atom is 0.338 e. The van der Waals surface area contributed by atoms with E-state index in [1.807, 2.05) is 0 Å². The Kier molecular flexibility index (Phi) is 4.72. The Balaban J connectivity index is 2.07. The number of aromatic hydroxyl groups is 1. The second-order valence-electron chi connectivity index (χ2n) is 4.74. The Hall–Kier alpha value is -2.62. The molecular weight excluding hydrogens is 268 g/mol. The van der Waals surface area contributed by atoms with Crippen LogP contribution in [0.15, 0.2) is 54.6 Å². The first kappa shape index (κ1) is 14.8. The van der Waals surface area contributed by atoms with Crippen molar-refractivity contribution in [2.45, 2.75) is 19.4 Å². The second-order valence-corrected chi connectivity index (χ2v) is 4.74. The van der Waals surface area contributed by atoms with Crippen LogP contribution in [0, 0.1) is 0 Å². The van der Waals surface area contributed by atoms with Crippen LogP contribution in [0.3, 0.4) is 0 Å². The number of Topliss-reactive ketones (excluding diaryl/α,β-unsaturated/α-hetero) is 1. The van der Waals surface area contributed by atoms with Gasteiger partial charge < -0.3 is 9.84 Å². The molecule has 0 saturated carbocycles. The minimum absolute atomic E-state index is 0.152. The molecule has 0 fully saturated rings. The molecule has 1 N–H and O–H groups in total. The monoisotopic (exact) mass is 284 g/mol. The van der Waals surface area contributed by atoms with Crippen molar-refractivity contribution < 1.29 is 19.4 Å². The van der Waals surface area contributed by atoms with Crippen molar-refractivity contribution in [2.75, 3.05) is 0 Å². The van der Waals surface area contributed by atoms with Crippen molar-refractivity contribution in [3.8, 4) is 5.75 Å². The lowest BCUT2D eigenvalue weighted by Crippen LogP contribution is -2.27. The normalized spacial score (nSPS) is 11.7. The first-order valence-electron chi connectivity index (χ1n) is 6.60. The Morgan fingerprint density at radius 1 is 1.05 bits per heavy atom. The molecule has 0 aliphatic heterocycles. The summed E-state index contributed by atoms with van der Waals surface area (Å²) in [5.41, 5.74) is 1.23. The number of phenolic OH excluding ortho intramolecular Hbond substituents is 1. The Labute approximate surface area is 123 Å². The van der Waals surface area contributed by atoms with Crippen molar-refractivity contribution in [3.05, 3.63) is 65.7 Å². The van der Waals surface area contributed by atoms with Gasteiger partial charge in [0.1, 0.15) is 5.75 Å². The lowest BCUT2D eigenvalue weighted by molar-refractivity contribution is -0.125. The predicted octanol–water partition coefficient (Wildman–Crippen LogP) is 2.75. The van der Waals surface area contributed by atoms with E-state index in [4.69, 9.17) is 4.74 Å². The van der Waals surface area contributed by atoms with Crippen molar-refractivity contribution in [3.63, 3.8) is 0 Å². The number of benzene rings is 2. The van der Waals surface area contributed by atoms with Gasteiger partial charge in [0, 0.05) is 6.42 Å². The summed E-state index contributed by atoms with van der Waals surface area (Å²) in [6.45, 7) is 1.39. The molecule has 1 unspecified atom stereocenters. The third-order valence-electron chi connectivity index (χ3n) is 3.07. The highest BCUT2D eigenvalue weighted by molar-refractivity contribution is 5.92. The Morgan fingerprint density at radius 3 is 2.24 bits per heavy atom. The van der Waals surface area contributed by atoms with E-state index in [1.165, 1.54) is 19.1 Å². The summed E-state index contributed by atoms with van der Waals surface area (Å²) in [5, 5.41) is 9.24. The molecule has 0 aliphatic carbocycles. The van der Waals surface area contributed by atoms with Crippen LogP contribution in [0.5, 0.6) is 5.75 Å². The van der Waals surface area contributed by atoms with E-state index in [-0.39, 0.29) is 18.0 Å². The fraction of sp³-hybridized carbons (Fsp3) is 0.176. The molecule has 0 aromatic heterocycles. The van der Waals surface area contributed by atoms with Gasteiger partial charge in [-0.25, -0.2) is 4.79 Å². The largest absolute Gasteiger partial charge is 0.508 e. The van der Waals surface area contributed by atoms with E-state index in [0.29, 0.717) is 5.56 Å². The molecule has 0 bridgehead atoms. The third kappa shape index (κ3) is 4.18. The van der Waals surface area contributed by atoms with Gasteiger partial charge in [-0.15, -0.1) is 0 Å². The van der Waals surface area contributed by atoms with Crippen molar-refractivity contribution >= 4 is 11.8 Å². The van der Waals surface area contributed by atoms with Crippen LogP contribution in [0.25, 0.3) is 0 Å². The van der Waals surface area contributed by atoms with Gasteiger partial charge in [-0.2, -0.15) is 0 Å². The Bertz CT molecular complexity index is 617. The van der Waals surface area contributed by atoms with Crippen LogP contribution in [0.1, 0.15) is 22.8 Å². The molecule has 108 valence electrons. The van der Waals surface area contributed by atoms with Crippen LogP contribution in [0.4, 0.5) is 0 Å². The average Bonchev–Trinajstić information content (AvgIpc) is 2.49. The zero-order valence-corrected chi connectivity index (χ0v) is 11.7. The number of carbonyl (C=O) groups excluding carboxylic acids is 2. The highest BCUT2D eigenvalue weighted by atomic mass is 16.5. The molecule has 0 aliphatic rings. The van der Waals surface area contributed by atoms with E-state index >= 15 is 0 Å². The highest BCUT2D eigenvalue weighted by Crippen LogP contribution is 2.14. The van der Waals surface area contributed by atoms with Crippen LogP contribution in [-0.2, 0) is 16.0 Å². The SMILES string of the molecule is CC(=O)C(Cc1ccc(O)cc1)OC(=O)c1ccccc1. The summed E-state index contributed by atoms with van der Waals surface area (Å²) < 4.78 is 5.28. The van der Waals surface area contributed by atoms with Gasteiger partial charge in [0.15, 0.2) is 11.9 Å². The van der Waals surface area contributed by atoms with E-state index in [0.717, 1.165) is 5.56 Å². The molecule has 21 heavy (non-hydrogen) atoms. The number of phenols is 1. The quantitative estimate of drug-likeness (QED) is 0.857. The summed E-state index contributed by atoms with van der Waals surface area (Å²) in [5.74, 6) is -0.582. The highest BCUT2D eigenvalue weighted by Gasteiger charge is 2.20. The minimum Gasteiger partial charge on any atom is -0.508 e. The van der Waals surface area contributed by atoms with Gasteiger partial charge in [0.25, 0.3) is 0 Å². The first-order chi connectivity index (χ1) is 10.1. The molecule has 2 aromatic carbocycles. The number of esters is 1. The number of carbonyl (C=O) groups is 2. The molecule has 2 rings (SSSR count). The van der Waals surface area contributed by atoms with Crippen LogP contribution in [0.2, 0.25) is 0 Å². The van der Waals surface area contributed by atoms with Gasteiger partial charge >= 0.3 is 5.97 Å². The maximum absolute atomic E-state index is 12.0. The van der Waals surface area contributed by atoms with Crippen molar-refractivity contribution in [2.24, 2.45) is 0 Å². The first-order valence-corrected chi connectivity index (χ1v) is 6.60. The fourth-order valence-corrected chi connectivity index (χ4v) is 1.89. The van der Waals surface area contributed by atoms with Crippen molar-refractivity contribution in [1.82, 2.24) is 0 Å². The molecular formula is C17H16O4. The molecule has 0 spiro atoms. The third-order valence-corrected chi connectivity index (χ3v) is 3.07. The summed E-state index contributed by atoms with van der Waals surface area (Å²) in [6, 6.07) is 15.0. The van der Waals surface area contributed by atoms with Gasteiger partial charge in [0.2, 0.25) is 0 Å². The smallest absolute Gasteiger partial charge is 0.338 e. The van der Waals surface area contributed by atoms with E-state index in [1.54, 1.807) is 42.5 Å². The standard InChI is InChI=1S/C17H16O4/c1-12(18)16(11-13-7-9-15(19)10-8-13)21-17(20)14-5-3-2-4-6-14/h2-10,16,19H,11H2,1H3. The predicted molar refractivity (Wildman–Crippen MR) is 78.1 cm³/mol. The second kappa shape index (κ2) is 6.70. The summed E-state index contributed by atoms with van der Waals surface area (Å²) in [6.07, 6.45) is -0.545. The number of ether oxygens (including phenoxy) is 1. The topological polar surface area (TPSA) is 63.6 Å². The van der Waals surface area contributed by atoms with Gasteiger partial charge in [-0.05, 0) is 36.8 Å². The average molecular weight is 284 g/mol. The van der Waals surface area contributed by atoms with E-state index < -0.39 is 12.1 Å². The number of hydrogen-bond acceptors (Lipinski definition) is 4. The molecule has 4 nitrogen and oxygen atoms in total. The van der Waals surface area contributed by atoms with Crippen LogP contribution < -0.4 is 0 Å². The van der Waals surface area contributed by atoms with Gasteiger partial charge in [-0.3, -0.25) is 4.79 Å². The zero-order valence-electron chi connectivity index (χ0n) is 11.7. The molecule has 0 amide bonds. The fourth-order valence-electron chi connectivity index (χ4n) is 1.89. The van der Waals surface area contributed by atoms with Crippen LogP contribution in [-0.4, -0.2) is 23.0 Å². The zero-order chi connectivity index (χ0) is 15.2. The molecule has 0 saturated heterocycles. The Morgan fingerprint density at radius 2 is 1.67 bits per heavy atom. The molecule has 4 heteroatoms. The minimum atomic E-state index is -0.831. The van der Waals surface area contributed by atoms with E-state index in [9.17, 15) is 14.7 Å². The number of rotatable bonds is 5.